The van der Waals surface area contributed by atoms with Crippen molar-refractivity contribution in [2.24, 2.45) is 0 Å². The molecular weight excluding hydrogens is 232 g/mol. The number of hydrogen-bond donors (Lipinski definition) is 1. The lowest BCUT2D eigenvalue weighted by molar-refractivity contribution is -0.132. The molecular formula is C14H16O4. The molecule has 1 aliphatic heterocycles. The summed E-state index contributed by atoms with van der Waals surface area (Å²) in [6, 6.07) is 7.86. The Bertz CT molecular complexity index is 443. The third-order valence-corrected chi connectivity index (χ3v) is 2.55. The molecule has 2 rings (SSSR count). The van der Waals surface area contributed by atoms with Gasteiger partial charge < -0.3 is 9.84 Å². The van der Waals surface area contributed by atoms with E-state index >= 15 is 0 Å². The van der Waals surface area contributed by atoms with Crippen molar-refractivity contribution in [1.29, 1.82) is 0 Å². The molecule has 1 aliphatic rings. The molecule has 4 nitrogen and oxygen atoms in total. The maximum Gasteiger partial charge on any atom is 0.330 e. The Labute approximate surface area is 106 Å². The molecule has 4 heteroatoms. The maximum absolute atomic E-state index is 10.6. The number of rotatable bonds is 3. The average Bonchev–Trinajstić information content (AvgIpc) is 3.11. The molecule has 1 heterocycles. The number of aldehydes is 1. The first kappa shape index (κ1) is 14.1. The molecule has 1 N–H and O–H groups in total. The highest BCUT2D eigenvalue weighted by atomic mass is 16.6. The van der Waals surface area contributed by atoms with Crippen LogP contribution in [0.2, 0.25) is 0 Å². The van der Waals surface area contributed by atoms with Crippen LogP contribution in [-0.4, -0.2) is 24.0 Å². The lowest BCUT2D eigenvalue weighted by atomic mass is 10.0. The number of ether oxygens (including phenoxy) is 1. The van der Waals surface area contributed by atoms with Gasteiger partial charge >= 0.3 is 5.97 Å². The number of aryl methyl sites for hydroxylation is 1. The van der Waals surface area contributed by atoms with Crippen LogP contribution in [0.25, 0.3) is 0 Å². The summed E-state index contributed by atoms with van der Waals surface area (Å²) in [7, 11) is 0. The molecule has 1 saturated heterocycles. The zero-order valence-corrected chi connectivity index (χ0v) is 10.5. The van der Waals surface area contributed by atoms with Gasteiger partial charge in [-0.05, 0) is 19.4 Å². The van der Waals surface area contributed by atoms with Gasteiger partial charge in [-0.3, -0.25) is 4.79 Å². The van der Waals surface area contributed by atoms with Gasteiger partial charge in [0.2, 0.25) is 0 Å². The highest BCUT2D eigenvalue weighted by molar-refractivity contribution is 5.84. The minimum absolute atomic E-state index is 0.176. The van der Waals surface area contributed by atoms with Gasteiger partial charge in [0.15, 0.2) is 11.9 Å². The highest BCUT2D eigenvalue weighted by Crippen LogP contribution is 2.36. The van der Waals surface area contributed by atoms with Crippen molar-refractivity contribution in [3.05, 3.63) is 47.5 Å². The molecule has 18 heavy (non-hydrogen) atoms. The summed E-state index contributed by atoms with van der Waals surface area (Å²) in [6.45, 7) is 7.15. The van der Waals surface area contributed by atoms with Crippen molar-refractivity contribution < 1.29 is 19.4 Å². The lowest BCUT2D eigenvalue weighted by Crippen LogP contribution is -2.09. The third-order valence-electron chi connectivity index (χ3n) is 2.55. The fraction of sp³-hybridized carbons (Fsp3) is 0.286. The van der Waals surface area contributed by atoms with E-state index in [9.17, 15) is 9.59 Å². The molecule has 0 aliphatic carbocycles. The number of hydrogen-bond acceptors (Lipinski definition) is 3. The van der Waals surface area contributed by atoms with Crippen molar-refractivity contribution in [1.82, 2.24) is 0 Å². The standard InChI is InChI=1S/C10H10O2.C4H6O2/c1-8-2-4-9(5-3-8)10(6-11)7-12-10;1-3(2)4(5)6/h2-6H,7H2,1H3;1H2,2H3,(H,5,6). The normalized spacial score (nSPS) is 20.3. The SMILES string of the molecule is C=C(C)C(=O)O.Cc1ccc(C2(C=O)CO2)cc1. The van der Waals surface area contributed by atoms with Gasteiger partial charge in [0.25, 0.3) is 0 Å². The quantitative estimate of drug-likeness (QED) is 0.505. The van der Waals surface area contributed by atoms with Crippen LogP contribution in [0.1, 0.15) is 18.1 Å². The second kappa shape index (κ2) is 5.60. The van der Waals surface area contributed by atoms with Crippen LogP contribution in [0.5, 0.6) is 0 Å². The van der Waals surface area contributed by atoms with Crippen LogP contribution in [0.15, 0.2) is 36.4 Å². The van der Waals surface area contributed by atoms with Gasteiger partial charge in [-0.25, -0.2) is 4.79 Å². The molecule has 1 atom stereocenters. The molecule has 1 fully saturated rings. The summed E-state index contributed by atoms with van der Waals surface area (Å²) in [5.41, 5.74) is 1.73. The maximum atomic E-state index is 10.6. The average molecular weight is 248 g/mol. The van der Waals surface area contributed by atoms with Gasteiger partial charge in [-0.15, -0.1) is 0 Å². The van der Waals surface area contributed by atoms with E-state index in [1.54, 1.807) is 0 Å². The fourth-order valence-electron chi connectivity index (χ4n) is 1.22. The summed E-state index contributed by atoms with van der Waals surface area (Å²) >= 11 is 0. The van der Waals surface area contributed by atoms with Crippen molar-refractivity contribution >= 4 is 12.3 Å². The van der Waals surface area contributed by atoms with Gasteiger partial charge in [-0.1, -0.05) is 36.4 Å². The van der Waals surface area contributed by atoms with Crippen molar-refractivity contribution in [3.8, 4) is 0 Å². The van der Waals surface area contributed by atoms with Crippen molar-refractivity contribution in [2.75, 3.05) is 6.61 Å². The molecule has 0 radical (unpaired) electrons. The Hall–Kier alpha value is -1.94. The fourth-order valence-corrected chi connectivity index (χ4v) is 1.22. The van der Waals surface area contributed by atoms with E-state index in [4.69, 9.17) is 9.84 Å². The van der Waals surface area contributed by atoms with Crippen molar-refractivity contribution in [2.45, 2.75) is 19.4 Å². The molecule has 0 spiro atoms. The van der Waals surface area contributed by atoms with Gasteiger partial charge in [0.1, 0.15) is 0 Å². The minimum Gasteiger partial charge on any atom is -0.478 e. The first-order chi connectivity index (χ1) is 8.41. The van der Waals surface area contributed by atoms with E-state index in [1.807, 2.05) is 31.2 Å². The first-order valence-corrected chi connectivity index (χ1v) is 5.47. The second-order valence-electron chi connectivity index (χ2n) is 4.25. The topological polar surface area (TPSA) is 66.9 Å². The van der Waals surface area contributed by atoms with Crippen LogP contribution in [-0.2, 0) is 19.9 Å². The van der Waals surface area contributed by atoms with E-state index in [-0.39, 0.29) is 5.57 Å². The smallest absolute Gasteiger partial charge is 0.330 e. The van der Waals surface area contributed by atoms with E-state index in [0.717, 1.165) is 11.8 Å². The predicted molar refractivity (Wildman–Crippen MR) is 67.3 cm³/mol. The molecule has 1 aromatic rings. The zero-order chi connectivity index (χ0) is 13.8. The Morgan fingerprint density at radius 3 is 2.17 bits per heavy atom. The number of carboxylic acids is 1. The summed E-state index contributed by atoms with van der Waals surface area (Å²) < 4.78 is 5.10. The molecule has 96 valence electrons. The molecule has 1 unspecified atom stereocenters. The van der Waals surface area contributed by atoms with Crippen LogP contribution >= 0.6 is 0 Å². The highest BCUT2D eigenvalue weighted by Gasteiger charge is 2.46. The largest absolute Gasteiger partial charge is 0.478 e. The van der Waals surface area contributed by atoms with Crippen molar-refractivity contribution in [3.63, 3.8) is 0 Å². The van der Waals surface area contributed by atoms with E-state index in [0.29, 0.717) is 6.61 Å². The van der Waals surface area contributed by atoms with Gasteiger partial charge in [0, 0.05) is 5.57 Å². The van der Waals surface area contributed by atoms with Crippen LogP contribution in [0.4, 0.5) is 0 Å². The predicted octanol–water partition coefficient (Wildman–Crippen LogP) is 2.07. The monoisotopic (exact) mass is 248 g/mol. The molecule has 0 aromatic heterocycles. The number of aliphatic carboxylic acids is 1. The molecule has 0 bridgehead atoms. The number of epoxide rings is 1. The Kier molecular flexibility index (Phi) is 4.39. The summed E-state index contributed by atoms with van der Waals surface area (Å²) in [5.74, 6) is -0.935. The number of carbonyl (C=O) groups is 2. The summed E-state index contributed by atoms with van der Waals surface area (Å²) in [5, 5.41) is 7.89. The minimum atomic E-state index is -0.935. The van der Waals surface area contributed by atoms with Crippen LogP contribution < -0.4 is 0 Å². The Morgan fingerprint density at radius 1 is 1.44 bits per heavy atom. The molecule has 0 saturated carbocycles. The first-order valence-electron chi connectivity index (χ1n) is 5.47. The summed E-state index contributed by atoms with van der Waals surface area (Å²) in [4.78, 5) is 20.2. The molecule has 1 aromatic carbocycles. The number of carbonyl (C=O) groups excluding carboxylic acids is 1. The van der Waals surface area contributed by atoms with Gasteiger partial charge in [-0.2, -0.15) is 0 Å². The Morgan fingerprint density at radius 2 is 1.89 bits per heavy atom. The molecule has 0 amide bonds. The summed E-state index contributed by atoms with van der Waals surface area (Å²) in [6.07, 6.45) is 0.873. The zero-order valence-electron chi connectivity index (χ0n) is 10.5. The third kappa shape index (κ3) is 3.53. The Balaban J connectivity index is 0.000000232. The second-order valence-corrected chi connectivity index (χ2v) is 4.25. The number of carboxylic acid groups (broad SMARTS) is 1. The van der Waals surface area contributed by atoms with Crippen LogP contribution in [0.3, 0.4) is 0 Å². The van der Waals surface area contributed by atoms with E-state index in [2.05, 4.69) is 6.58 Å². The van der Waals surface area contributed by atoms with Gasteiger partial charge in [0.05, 0.1) is 6.61 Å². The van der Waals surface area contributed by atoms with E-state index < -0.39 is 11.6 Å². The lowest BCUT2D eigenvalue weighted by Gasteiger charge is -2.03. The number of benzene rings is 1. The van der Waals surface area contributed by atoms with E-state index in [1.165, 1.54) is 12.5 Å². The van der Waals surface area contributed by atoms with Crippen LogP contribution in [0, 0.1) is 6.92 Å².